The lowest BCUT2D eigenvalue weighted by Crippen LogP contribution is -2.24. The van der Waals surface area contributed by atoms with E-state index in [2.05, 4.69) is 10.0 Å². The zero-order chi connectivity index (χ0) is 24.1. The molecule has 1 heterocycles. The first-order valence-electron chi connectivity index (χ1n) is 10.8. The number of nitrogens with zero attached hydrogens (tertiary/aromatic N) is 1. The number of methoxy groups -OCH3 is 1. The number of nitrogens with one attached hydrogen (secondary N) is 2. The van der Waals surface area contributed by atoms with Crippen LogP contribution in [-0.4, -0.2) is 33.9 Å². The van der Waals surface area contributed by atoms with E-state index in [4.69, 9.17) is 4.74 Å². The summed E-state index contributed by atoms with van der Waals surface area (Å²) >= 11 is 0. The number of ether oxygens (including phenoxy) is 1. The topological polar surface area (TPSA) is 105 Å². The molecule has 0 bridgehead atoms. The Kier molecular flexibility index (Phi) is 6.95. The number of carbonyl (C=O) groups is 2. The number of sulfonamides is 1. The van der Waals surface area contributed by atoms with Crippen LogP contribution >= 0.6 is 0 Å². The standard InChI is InChI=1S/C25H25N3O5S/c1-33-22-8-2-3-9-23(22)34(31,32)26-17-18-11-13-19(14-12-18)25(30)27-20-6-4-7-21(16-20)28-15-5-10-24(28)29/h2-4,6-9,11-14,16,26H,5,10,15,17H2,1H3,(H,27,30). The van der Waals surface area contributed by atoms with E-state index in [-0.39, 0.29) is 29.0 Å². The van der Waals surface area contributed by atoms with Crippen molar-refractivity contribution >= 4 is 33.2 Å². The highest BCUT2D eigenvalue weighted by Crippen LogP contribution is 2.25. The molecule has 4 rings (SSSR count). The molecule has 0 unspecified atom stereocenters. The molecule has 3 aromatic carbocycles. The van der Waals surface area contributed by atoms with Gasteiger partial charge in [0.05, 0.1) is 7.11 Å². The highest BCUT2D eigenvalue weighted by molar-refractivity contribution is 7.89. The Morgan fingerprint density at radius 2 is 1.79 bits per heavy atom. The lowest BCUT2D eigenvalue weighted by Gasteiger charge is -2.16. The number of rotatable bonds is 8. The van der Waals surface area contributed by atoms with Gasteiger partial charge in [-0.1, -0.05) is 30.3 Å². The smallest absolute Gasteiger partial charge is 0.255 e. The lowest BCUT2D eigenvalue weighted by molar-refractivity contribution is -0.117. The van der Waals surface area contributed by atoms with E-state index in [0.717, 1.165) is 12.1 Å². The molecule has 2 amide bonds. The molecule has 0 aromatic heterocycles. The van der Waals surface area contributed by atoms with E-state index in [9.17, 15) is 18.0 Å². The van der Waals surface area contributed by atoms with Crippen molar-refractivity contribution in [2.24, 2.45) is 0 Å². The quantitative estimate of drug-likeness (QED) is 0.514. The van der Waals surface area contributed by atoms with Crippen molar-refractivity contribution in [3.63, 3.8) is 0 Å². The average molecular weight is 480 g/mol. The number of hydrogen-bond acceptors (Lipinski definition) is 5. The van der Waals surface area contributed by atoms with Crippen molar-refractivity contribution in [1.82, 2.24) is 4.72 Å². The number of hydrogen-bond donors (Lipinski definition) is 2. The fourth-order valence-electron chi connectivity index (χ4n) is 3.75. The molecule has 0 radical (unpaired) electrons. The molecule has 0 aliphatic carbocycles. The van der Waals surface area contributed by atoms with Crippen molar-refractivity contribution in [2.45, 2.75) is 24.3 Å². The molecule has 1 saturated heterocycles. The Balaban J connectivity index is 1.39. The van der Waals surface area contributed by atoms with Gasteiger partial charge in [-0.25, -0.2) is 13.1 Å². The summed E-state index contributed by atoms with van der Waals surface area (Å²) in [6, 6.07) is 20.2. The fourth-order valence-corrected chi connectivity index (χ4v) is 4.93. The van der Waals surface area contributed by atoms with Crippen LogP contribution in [0.2, 0.25) is 0 Å². The van der Waals surface area contributed by atoms with Gasteiger partial charge in [-0.2, -0.15) is 0 Å². The minimum Gasteiger partial charge on any atom is -0.495 e. The number of benzene rings is 3. The van der Waals surface area contributed by atoms with E-state index in [1.54, 1.807) is 65.6 Å². The van der Waals surface area contributed by atoms with Gasteiger partial charge in [0.2, 0.25) is 15.9 Å². The average Bonchev–Trinajstić information content (AvgIpc) is 3.29. The molecule has 1 fully saturated rings. The monoisotopic (exact) mass is 479 g/mol. The summed E-state index contributed by atoms with van der Waals surface area (Å²) in [7, 11) is -2.35. The molecule has 1 aliphatic rings. The first-order chi connectivity index (χ1) is 16.4. The number of anilines is 2. The molecular weight excluding hydrogens is 454 g/mol. The van der Waals surface area contributed by atoms with Crippen molar-refractivity contribution in [3.8, 4) is 5.75 Å². The van der Waals surface area contributed by atoms with Crippen LogP contribution in [-0.2, 0) is 21.4 Å². The Morgan fingerprint density at radius 3 is 2.50 bits per heavy atom. The van der Waals surface area contributed by atoms with Gasteiger partial charge in [-0.3, -0.25) is 9.59 Å². The van der Waals surface area contributed by atoms with E-state index < -0.39 is 10.0 Å². The second-order valence-corrected chi connectivity index (χ2v) is 9.56. The van der Waals surface area contributed by atoms with Gasteiger partial charge in [-0.05, 0) is 54.4 Å². The van der Waals surface area contributed by atoms with Gasteiger partial charge >= 0.3 is 0 Å². The first-order valence-corrected chi connectivity index (χ1v) is 12.3. The van der Waals surface area contributed by atoms with Crippen LogP contribution in [0.15, 0.2) is 77.7 Å². The molecule has 176 valence electrons. The maximum absolute atomic E-state index is 12.7. The van der Waals surface area contributed by atoms with Gasteiger partial charge in [-0.15, -0.1) is 0 Å². The summed E-state index contributed by atoms with van der Waals surface area (Å²) < 4.78 is 32.9. The van der Waals surface area contributed by atoms with Crippen LogP contribution < -0.4 is 19.7 Å². The van der Waals surface area contributed by atoms with Crippen LogP contribution in [0, 0.1) is 0 Å². The zero-order valence-electron chi connectivity index (χ0n) is 18.7. The van der Waals surface area contributed by atoms with E-state index in [1.807, 2.05) is 6.07 Å². The summed E-state index contributed by atoms with van der Waals surface area (Å²) in [4.78, 5) is 26.4. The first kappa shape index (κ1) is 23.5. The third kappa shape index (κ3) is 5.27. The highest BCUT2D eigenvalue weighted by atomic mass is 32.2. The van der Waals surface area contributed by atoms with Gasteiger partial charge < -0.3 is 15.0 Å². The van der Waals surface area contributed by atoms with Gasteiger partial charge in [0.25, 0.3) is 5.91 Å². The molecule has 0 saturated carbocycles. The molecule has 8 nitrogen and oxygen atoms in total. The summed E-state index contributed by atoms with van der Waals surface area (Å²) in [5, 5.41) is 2.84. The van der Waals surface area contributed by atoms with Crippen molar-refractivity contribution in [1.29, 1.82) is 0 Å². The van der Waals surface area contributed by atoms with Gasteiger partial charge in [0.15, 0.2) is 0 Å². The zero-order valence-corrected chi connectivity index (χ0v) is 19.5. The third-order valence-electron chi connectivity index (χ3n) is 5.53. The van der Waals surface area contributed by atoms with Crippen molar-refractivity contribution < 1.29 is 22.7 Å². The second-order valence-electron chi connectivity index (χ2n) is 7.83. The van der Waals surface area contributed by atoms with Crippen LogP contribution in [0.25, 0.3) is 0 Å². The van der Waals surface area contributed by atoms with Crippen LogP contribution in [0.1, 0.15) is 28.8 Å². The van der Waals surface area contributed by atoms with Crippen LogP contribution in [0.4, 0.5) is 11.4 Å². The Labute approximate surface area is 198 Å². The number of para-hydroxylation sites is 1. The van der Waals surface area contributed by atoms with Crippen molar-refractivity contribution in [3.05, 3.63) is 83.9 Å². The minimum atomic E-state index is -3.77. The molecule has 1 aliphatic heterocycles. The Morgan fingerprint density at radius 1 is 1.03 bits per heavy atom. The van der Waals surface area contributed by atoms with Crippen LogP contribution in [0.5, 0.6) is 5.75 Å². The molecule has 9 heteroatoms. The summed E-state index contributed by atoms with van der Waals surface area (Å²) in [5.74, 6) is 0.0478. The second kappa shape index (κ2) is 10.1. The van der Waals surface area contributed by atoms with Gasteiger partial charge in [0.1, 0.15) is 10.6 Å². The fraction of sp³-hybridized carbons (Fsp3) is 0.200. The molecular formula is C25H25N3O5S. The minimum absolute atomic E-state index is 0.0614. The van der Waals surface area contributed by atoms with Crippen LogP contribution in [0.3, 0.4) is 0 Å². The largest absolute Gasteiger partial charge is 0.495 e. The van der Waals surface area contributed by atoms with E-state index in [1.165, 1.54) is 13.2 Å². The summed E-state index contributed by atoms with van der Waals surface area (Å²) in [6.07, 6.45) is 1.37. The van der Waals surface area contributed by atoms with Gasteiger partial charge in [0, 0.05) is 36.4 Å². The maximum Gasteiger partial charge on any atom is 0.255 e. The number of carbonyl (C=O) groups excluding carboxylic acids is 2. The molecule has 0 spiro atoms. The highest BCUT2D eigenvalue weighted by Gasteiger charge is 2.22. The molecule has 34 heavy (non-hydrogen) atoms. The maximum atomic E-state index is 12.7. The predicted octanol–water partition coefficient (Wildman–Crippen LogP) is 3.55. The van der Waals surface area contributed by atoms with E-state index >= 15 is 0 Å². The molecule has 2 N–H and O–H groups in total. The molecule has 3 aromatic rings. The third-order valence-corrected chi connectivity index (χ3v) is 6.97. The summed E-state index contributed by atoms with van der Waals surface area (Å²) in [5.41, 5.74) is 2.48. The van der Waals surface area contributed by atoms with Crippen molar-refractivity contribution in [2.75, 3.05) is 23.9 Å². The lowest BCUT2D eigenvalue weighted by atomic mass is 10.1. The Hall–Kier alpha value is -3.69. The summed E-state index contributed by atoms with van der Waals surface area (Å²) in [6.45, 7) is 0.743. The SMILES string of the molecule is COc1ccccc1S(=O)(=O)NCc1ccc(C(=O)Nc2cccc(N3CCCC3=O)c2)cc1. The van der Waals surface area contributed by atoms with E-state index in [0.29, 0.717) is 29.8 Å². The number of amides is 2. The Bertz CT molecular complexity index is 1310. The molecule has 0 atom stereocenters. The normalized spacial score (nSPS) is 13.7. The predicted molar refractivity (Wildman–Crippen MR) is 129 cm³/mol.